The maximum Gasteiger partial charge on any atom is 1.00 e. The molecule has 10 aromatic heterocycles. The van der Waals surface area contributed by atoms with Crippen LogP contribution in [-0.2, 0) is 22.5 Å². The number of carbonyl (C=O) groups excluding carboxylic acids is 4. The largest absolute Gasteiger partial charge is 1.00 e. The summed E-state index contributed by atoms with van der Waals surface area (Å²) in [5.74, 6) is 4.58. The Hall–Kier alpha value is -12.5. The van der Waals surface area contributed by atoms with Crippen molar-refractivity contribution < 1.29 is 85.9 Å². The van der Waals surface area contributed by atoms with Crippen LogP contribution in [0.1, 0.15) is 42.0 Å². The van der Waals surface area contributed by atoms with Gasteiger partial charge in [0.15, 0.2) is 15.5 Å². The van der Waals surface area contributed by atoms with Gasteiger partial charge in [0.25, 0.3) is 23.6 Å². The average molecular weight is 2070 g/mol. The first-order valence-corrected chi connectivity index (χ1v) is 52.4. The number of aromatic hydroxyl groups is 1. The number of benzene rings is 8. The van der Waals surface area contributed by atoms with Crippen LogP contribution in [0.4, 0.5) is 11.6 Å². The molecule has 0 unspecified atom stereocenters. The predicted octanol–water partition coefficient (Wildman–Crippen LogP) is 16.2. The van der Waals surface area contributed by atoms with Crippen LogP contribution in [-0.4, -0.2) is 202 Å². The topological polar surface area (TPSA) is 435 Å². The summed E-state index contributed by atoms with van der Waals surface area (Å²) >= 11 is 18.2. The molecule has 0 spiro atoms. The molecule has 0 saturated heterocycles. The predicted molar refractivity (Wildman–Crippen MR) is 545 cm³/mol. The van der Waals surface area contributed by atoms with Crippen molar-refractivity contribution in [2.75, 3.05) is 79.0 Å². The third-order valence-corrected chi connectivity index (χ3v) is 21.0. The molecule has 700 valence electrons. The fraction of sp³-hybridized carbons (Fsp3) is 0.118. The molecule has 0 atom stereocenters. The minimum absolute atomic E-state index is 0. The number of halogens is 5. The molecule has 18 rings (SSSR count). The zero-order valence-corrected chi connectivity index (χ0v) is 86.4. The number of fused-ring (bicyclic) bond motifs is 7. The summed E-state index contributed by atoms with van der Waals surface area (Å²) in [4.78, 5) is 112. The van der Waals surface area contributed by atoms with Gasteiger partial charge < -0.3 is 68.0 Å². The molecule has 0 fully saturated rings. The number of methoxy groups -OCH3 is 2. The number of nitrogens with zero attached hydrogens (tertiary/aromatic N) is 16. The van der Waals surface area contributed by atoms with E-state index in [1.54, 1.807) is 151 Å². The molecule has 18 aromatic rings. The van der Waals surface area contributed by atoms with E-state index in [0.29, 0.717) is 73.5 Å². The molecule has 4 amide bonds. The van der Waals surface area contributed by atoms with E-state index in [-0.39, 0.29) is 75.1 Å². The molecule has 0 aliphatic carbocycles. The summed E-state index contributed by atoms with van der Waals surface area (Å²) < 4.78 is 50.6. The Morgan fingerprint density at radius 2 is 0.703 bits per heavy atom. The van der Waals surface area contributed by atoms with Crippen molar-refractivity contribution in [1.82, 2.24) is 101 Å². The summed E-state index contributed by atoms with van der Waals surface area (Å²) in [6.45, 7) is 0. The minimum Gasteiger partial charge on any atom is -0.796 e. The van der Waals surface area contributed by atoms with Crippen molar-refractivity contribution in [3.63, 3.8) is 0 Å². The van der Waals surface area contributed by atoms with Gasteiger partial charge in [-0.1, -0.05) is 77.2 Å². The van der Waals surface area contributed by atoms with Crippen LogP contribution in [0.2, 0.25) is 10.3 Å². The van der Waals surface area contributed by atoms with Gasteiger partial charge in [0.2, 0.25) is 26.2 Å². The standard InChI is InChI=1S/C25H19N5O2.C16H14N4O4S.C16H14N4O2S.C10H10N2OS.C9H7ClN2O.C9H8N2OS.C7H7ClN2O.CH4S.Al.3ClH.Na/c1-26-24(31)23-14-21(10-11-27-23)32-20-8-9-22-18(13-20)15-28-25(30-22)29-19-7-6-16-4-2-3-5-17(16)12-19;1-17-15(21)14-8-12(5-6-18-14)24-11-3-4-13-10(7-11)9-19-16(20-13)25(2,22)23;1-17-15(21)14-8-12(5-6-18-14)22-11-3-4-13-10(7-11)9-19-16(20-13)23-2;1-13-8-3-4-9-7(5-8)6-11-10(12-9)14-2;1-13-7-2-3-8-6(4-7)5-11-9(10)12-8;1-13-9-10-5-6-4-7(12)2-3-8(6)11-9;1-9-7(11)6-4-5(8)2-3-10-6;1-2;;;;;/h2-15H,1H3,(H,26,31)(H,28,29,30);3-9H,1-2H3,(H,17,21);3-9H,1-2H3,(H,17,21);3-6H,1-2H3;2-5H,1H3;2-5,12H,1H3;2-4H,1H3,(H,9,11);2H,1H3;;3*1H;/q;;;;;;;;+3;;;;+1/p-4. The molecule has 33 nitrogen and oxygen atoms in total. The van der Waals surface area contributed by atoms with Gasteiger partial charge in [-0.05, 0) is 193 Å². The van der Waals surface area contributed by atoms with Gasteiger partial charge in [-0.2, -0.15) is 6.26 Å². The Labute approximate surface area is 859 Å². The number of ether oxygens (including phenoxy) is 5. The van der Waals surface area contributed by atoms with Crippen LogP contribution >= 0.6 is 88.6 Å². The van der Waals surface area contributed by atoms with Crippen molar-refractivity contribution >= 4 is 234 Å². The molecule has 0 aliphatic rings. The molecular formula is C93H82AlCl5N21NaO12S5. The van der Waals surface area contributed by atoms with Gasteiger partial charge in [-0.3, -0.25) is 39.1 Å². The van der Waals surface area contributed by atoms with Gasteiger partial charge in [0.1, 0.15) is 74.5 Å². The van der Waals surface area contributed by atoms with E-state index in [1.165, 1.54) is 79.1 Å². The summed E-state index contributed by atoms with van der Waals surface area (Å²) in [6, 6.07) is 59.7. The Bertz CT molecular complexity index is 7270. The SMILES string of the molecule is CNC(=O)c1cc(Cl)ccn1.CNC(=O)c1cc(Oc2ccc3nc(Nc4ccc5ccccc5c4)ncc3c2)ccn1.CNC(=O)c1cc(Oc2ccc3nc(S(C)(=O)=O)ncc3c2)ccn1.CNC(=O)c1cc(Oc2ccc3nc(SC)ncc3c2)ccn1.COc1ccc2nc(Cl)ncc2c1.COc1ccc2nc(SC)ncc2c1.CSc1ncc2cc(O)ccc2n1.C[S-].[Cl][Al]([Cl])[Cl].[Na+]. The summed E-state index contributed by atoms with van der Waals surface area (Å²) in [7, 11) is 20.8. The molecule has 6 N–H and O–H groups in total. The Balaban J connectivity index is 0.000000184. The number of hydrogen-bond donors (Lipinski definition) is 6. The van der Waals surface area contributed by atoms with Crippen molar-refractivity contribution in [3.8, 4) is 51.7 Å². The van der Waals surface area contributed by atoms with Crippen LogP contribution in [0, 0.1) is 0 Å². The van der Waals surface area contributed by atoms with E-state index in [4.69, 9.17) is 77.0 Å². The second-order valence-corrected chi connectivity index (χ2v) is 38.6. The number of aromatic nitrogens is 16. The number of rotatable bonds is 18. The first-order chi connectivity index (χ1) is 66.1. The molecule has 0 bridgehead atoms. The van der Waals surface area contributed by atoms with Gasteiger partial charge in [0, 0.05) is 158 Å². The fourth-order valence-corrected chi connectivity index (χ4v) is 13.5. The van der Waals surface area contributed by atoms with Gasteiger partial charge >= 0.3 is 40.9 Å². The summed E-state index contributed by atoms with van der Waals surface area (Å²) in [5, 5.41) is 32.8. The van der Waals surface area contributed by atoms with Crippen LogP contribution in [0.5, 0.6) is 51.7 Å². The van der Waals surface area contributed by atoms with E-state index < -0.39 is 21.2 Å². The summed E-state index contributed by atoms with van der Waals surface area (Å²) in [6.07, 6.45) is 24.7. The van der Waals surface area contributed by atoms with Crippen LogP contribution < -0.4 is 79.8 Å². The smallest absolute Gasteiger partial charge is 0.796 e. The molecule has 8 aromatic carbocycles. The zero-order chi connectivity index (χ0) is 98.5. The van der Waals surface area contributed by atoms with Crippen molar-refractivity contribution in [1.29, 1.82) is 0 Å². The first-order valence-electron chi connectivity index (χ1n) is 40.0. The number of carbonyl (C=O) groups is 4. The quantitative estimate of drug-likeness (QED) is 0.0201. The van der Waals surface area contributed by atoms with Gasteiger partial charge in [0.05, 0.1) is 47.3 Å². The maximum atomic E-state index is 11.8. The number of amides is 4. The molecule has 138 heavy (non-hydrogen) atoms. The van der Waals surface area contributed by atoms with Gasteiger partial charge in [-0.25, -0.2) is 98.4 Å². The molecule has 10 heterocycles. The zero-order valence-electron chi connectivity index (χ0n) is 75.4. The Kier molecular flexibility index (Phi) is 43.6. The number of phenols is 1. The minimum atomic E-state index is -3.47. The number of anilines is 2. The third-order valence-electron chi connectivity index (χ3n) is 18.0. The maximum absolute atomic E-state index is 11.8. The van der Waals surface area contributed by atoms with E-state index in [9.17, 15) is 32.7 Å². The average Bonchev–Trinajstić information content (AvgIpc) is 0.794. The summed E-state index contributed by atoms with van der Waals surface area (Å²) in [5.41, 5.74) is 6.85. The second kappa shape index (κ2) is 55.2. The van der Waals surface area contributed by atoms with Crippen molar-refractivity contribution in [3.05, 3.63) is 295 Å². The van der Waals surface area contributed by atoms with Crippen LogP contribution in [0.3, 0.4) is 0 Å². The van der Waals surface area contributed by atoms with Crippen LogP contribution in [0.25, 0.3) is 76.2 Å². The normalized spacial score (nSPS) is 10.3. The van der Waals surface area contributed by atoms with E-state index in [1.807, 2.05) is 116 Å². The van der Waals surface area contributed by atoms with Crippen molar-refractivity contribution in [2.24, 2.45) is 0 Å². The van der Waals surface area contributed by atoms with E-state index in [0.717, 1.165) is 98.8 Å². The number of phenolic OH excluding ortho intramolecular Hbond substituents is 1. The van der Waals surface area contributed by atoms with Gasteiger partial charge in [-0.15, -0.1) is 0 Å². The number of thioether (sulfide) groups is 3. The monoisotopic (exact) mass is 2070 g/mol. The number of sulfone groups is 1. The molecular weight excluding hydrogens is 1990 g/mol. The van der Waals surface area contributed by atoms with E-state index in [2.05, 4.69) is 143 Å². The first kappa shape index (κ1) is 109. The molecule has 0 aliphatic heterocycles. The Morgan fingerprint density at radius 3 is 1.10 bits per heavy atom. The van der Waals surface area contributed by atoms with Crippen LogP contribution in [0.15, 0.2) is 283 Å². The number of nitrogens with one attached hydrogen (secondary N) is 5. The molecule has 45 heteroatoms. The molecule has 0 saturated carbocycles. The fourth-order valence-electron chi connectivity index (χ4n) is 11.6. The van der Waals surface area contributed by atoms with Crippen molar-refractivity contribution in [2.45, 2.75) is 20.6 Å². The third kappa shape index (κ3) is 33.4. The number of hydrogen-bond acceptors (Lipinski definition) is 33. The van der Waals surface area contributed by atoms with E-state index >= 15 is 0 Å². The number of pyridine rings is 4. The molecule has 0 radical (unpaired) electrons. The Morgan fingerprint density at radius 1 is 0.370 bits per heavy atom. The second-order valence-electron chi connectivity index (χ2n) is 27.1.